The van der Waals surface area contributed by atoms with Crippen molar-refractivity contribution in [1.29, 1.82) is 0 Å². The Labute approximate surface area is 153 Å². The van der Waals surface area contributed by atoms with Crippen LogP contribution in [0.15, 0.2) is 24.7 Å². The molecule has 0 unspecified atom stereocenters. The molecule has 140 valence electrons. The zero-order chi connectivity index (χ0) is 18.4. The lowest BCUT2D eigenvalue weighted by Gasteiger charge is -2.26. The highest BCUT2D eigenvalue weighted by Crippen LogP contribution is 2.22. The summed E-state index contributed by atoms with van der Waals surface area (Å²) in [5, 5.41) is 2.90. The first kappa shape index (κ1) is 18.3. The van der Waals surface area contributed by atoms with Crippen molar-refractivity contribution in [3.63, 3.8) is 0 Å². The third-order valence-electron chi connectivity index (χ3n) is 4.31. The largest absolute Gasteiger partial charge is 0.385 e. The second-order valence-corrected chi connectivity index (χ2v) is 6.20. The second-order valence-electron chi connectivity index (χ2n) is 6.20. The van der Waals surface area contributed by atoms with Gasteiger partial charge in [0.05, 0.1) is 13.2 Å². The minimum Gasteiger partial charge on any atom is -0.385 e. The molecule has 0 atom stereocenters. The first-order valence-electron chi connectivity index (χ1n) is 8.77. The molecule has 8 heteroatoms. The van der Waals surface area contributed by atoms with Crippen molar-refractivity contribution >= 4 is 11.9 Å². The summed E-state index contributed by atoms with van der Waals surface area (Å²) in [5.41, 5.74) is 2.41. The fourth-order valence-corrected chi connectivity index (χ4v) is 2.85. The Kier molecular flexibility index (Phi) is 6.19. The molecule has 1 aliphatic heterocycles. The first-order chi connectivity index (χ1) is 12.7. The summed E-state index contributed by atoms with van der Waals surface area (Å²) in [4.78, 5) is 23.4. The Bertz CT molecular complexity index is 723. The van der Waals surface area contributed by atoms with Gasteiger partial charge in [0, 0.05) is 70.1 Å². The van der Waals surface area contributed by atoms with E-state index in [-0.39, 0.29) is 5.91 Å². The maximum Gasteiger partial charge on any atom is 0.267 e. The molecule has 1 N–H and O–H groups in total. The molecule has 1 saturated heterocycles. The predicted octanol–water partition coefficient (Wildman–Crippen LogP) is 1.08. The molecule has 2 aromatic rings. The molecule has 1 amide bonds. The Morgan fingerprint density at radius 3 is 2.69 bits per heavy atom. The SMILES string of the molecule is COCCCNC(=O)c1cc(-c2cnc(N3CCOCC3)nc2)cn1C. The van der Waals surface area contributed by atoms with Crippen molar-refractivity contribution in [1.82, 2.24) is 19.9 Å². The number of carbonyl (C=O) groups is 1. The van der Waals surface area contributed by atoms with Gasteiger partial charge in [0.1, 0.15) is 5.69 Å². The number of hydrogen-bond donors (Lipinski definition) is 1. The maximum atomic E-state index is 12.3. The Balaban J connectivity index is 1.67. The lowest BCUT2D eigenvalue weighted by molar-refractivity contribution is 0.0940. The molecule has 0 spiro atoms. The van der Waals surface area contributed by atoms with Crippen LogP contribution in [0.3, 0.4) is 0 Å². The third-order valence-corrected chi connectivity index (χ3v) is 4.31. The number of carbonyl (C=O) groups excluding carboxylic acids is 1. The average molecular weight is 359 g/mol. The summed E-state index contributed by atoms with van der Waals surface area (Å²) in [6, 6.07) is 1.86. The van der Waals surface area contributed by atoms with Gasteiger partial charge in [0.15, 0.2) is 0 Å². The fraction of sp³-hybridized carbons (Fsp3) is 0.500. The third kappa shape index (κ3) is 4.39. The Hall–Kier alpha value is -2.45. The molecule has 26 heavy (non-hydrogen) atoms. The van der Waals surface area contributed by atoms with Crippen LogP contribution in [-0.2, 0) is 16.5 Å². The number of hydrogen-bond acceptors (Lipinski definition) is 6. The van der Waals surface area contributed by atoms with Crippen molar-refractivity contribution in [3.05, 3.63) is 30.4 Å². The molecule has 3 rings (SSSR count). The van der Waals surface area contributed by atoms with E-state index in [1.807, 2.05) is 23.9 Å². The highest BCUT2D eigenvalue weighted by Gasteiger charge is 2.15. The predicted molar refractivity (Wildman–Crippen MR) is 98.3 cm³/mol. The first-order valence-corrected chi connectivity index (χ1v) is 8.77. The van der Waals surface area contributed by atoms with Gasteiger partial charge in [-0.15, -0.1) is 0 Å². The quantitative estimate of drug-likeness (QED) is 0.745. The Morgan fingerprint density at radius 1 is 1.27 bits per heavy atom. The van der Waals surface area contributed by atoms with E-state index in [4.69, 9.17) is 9.47 Å². The zero-order valence-corrected chi connectivity index (χ0v) is 15.3. The van der Waals surface area contributed by atoms with Gasteiger partial charge in [-0.1, -0.05) is 0 Å². The zero-order valence-electron chi connectivity index (χ0n) is 15.3. The minimum absolute atomic E-state index is 0.0966. The fourth-order valence-electron chi connectivity index (χ4n) is 2.85. The van der Waals surface area contributed by atoms with Gasteiger partial charge in [-0.25, -0.2) is 9.97 Å². The molecule has 0 aromatic carbocycles. The minimum atomic E-state index is -0.0966. The summed E-state index contributed by atoms with van der Waals surface area (Å²) >= 11 is 0. The van der Waals surface area contributed by atoms with E-state index in [1.165, 1.54) is 0 Å². The molecule has 1 fully saturated rings. The van der Waals surface area contributed by atoms with Gasteiger partial charge in [0.25, 0.3) is 5.91 Å². The summed E-state index contributed by atoms with van der Waals surface area (Å²) in [6.45, 7) is 4.23. The monoisotopic (exact) mass is 359 g/mol. The lowest BCUT2D eigenvalue weighted by Crippen LogP contribution is -2.37. The molecule has 8 nitrogen and oxygen atoms in total. The molecule has 1 aliphatic rings. The van der Waals surface area contributed by atoms with Crippen LogP contribution in [0.25, 0.3) is 11.1 Å². The van der Waals surface area contributed by atoms with Gasteiger partial charge in [-0.05, 0) is 12.5 Å². The lowest BCUT2D eigenvalue weighted by atomic mass is 10.2. The van der Waals surface area contributed by atoms with Crippen LogP contribution in [0.4, 0.5) is 5.95 Å². The van der Waals surface area contributed by atoms with Crippen LogP contribution < -0.4 is 10.2 Å². The highest BCUT2D eigenvalue weighted by atomic mass is 16.5. The van der Waals surface area contributed by atoms with E-state index in [0.29, 0.717) is 38.0 Å². The number of nitrogens with zero attached hydrogens (tertiary/aromatic N) is 4. The number of anilines is 1. The smallest absolute Gasteiger partial charge is 0.267 e. The van der Waals surface area contributed by atoms with Crippen LogP contribution in [0.1, 0.15) is 16.9 Å². The van der Waals surface area contributed by atoms with Gasteiger partial charge in [-0.2, -0.15) is 0 Å². The molecular formula is C18H25N5O3. The van der Waals surface area contributed by atoms with Gasteiger partial charge < -0.3 is 24.3 Å². The van der Waals surface area contributed by atoms with Crippen LogP contribution in [0.2, 0.25) is 0 Å². The van der Waals surface area contributed by atoms with E-state index in [9.17, 15) is 4.79 Å². The normalized spacial score (nSPS) is 14.5. The molecular weight excluding hydrogens is 334 g/mol. The standard InChI is InChI=1S/C18H25N5O3/c1-22-13-14(10-16(22)17(24)19-4-3-7-25-2)15-11-20-18(21-12-15)23-5-8-26-9-6-23/h10-13H,3-9H2,1-2H3,(H,19,24). The molecule has 0 bridgehead atoms. The average Bonchev–Trinajstić information content (AvgIpc) is 3.08. The number of rotatable bonds is 7. The number of ether oxygens (including phenoxy) is 2. The molecule has 0 radical (unpaired) electrons. The molecule has 2 aromatic heterocycles. The van der Waals surface area contributed by atoms with Gasteiger partial charge >= 0.3 is 0 Å². The van der Waals surface area contributed by atoms with Crippen molar-refractivity contribution < 1.29 is 14.3 Å². The number of aryl methyl sites for hydroxylation is 1. The highest BCUT2D eigenvalue weighted by molar-refractivity contribution is 5.94. The summed E-state index contributed by atoms with van der Waals surface area (Å²) < 4.78 is 12.2. The maximum absolute atomic E-state index is 12.3. The molecule has 0 aliphatic carbocycles. The number of amides is 1. The van der Waals surface area contributed by atoms with E-state index in [0.717, 1.165) is 30.6 Å². The second kappa shape index (κ2) is 8.77. The van der Waals surface area contributed by atoms with Crippen LogP contribution in [0.5, 0.6) is 0 Å². The number of nitrogens with one attached hydrogen (secondary N) is 1. The summed E-state index contributed by atoms with van der Waals surface area (Å²) in [5.74, 6) is 0.616. The van der Waals surface area contributed by atoms with Crippen LogP contribution in [0, 0.1) is 0 Å². The van der Waals surface area contributed by atoms with E-state index in [2.05, 4.69) is 20.2 Å². The number of morpholine rings is 1. The summed E-state index contributed by atoms with van der Waals surface area (Å²) in [6.07, 6.45) is 6.30. The van der Waals surface area contributed by atoms with E-state index >= 15 is 0 Å². The van der Waals surface area contributed by atoms with Crippen molar-refractivity contribution in [3.8, 4) is 11.1 Å². The van der Waals surface area contributed by atoms with Gasteiger partial charge in [-0.3, -0.25) is 4.79 Å². The van der Waals surface area contributed by atoms with Crippen molar-refractivity contribution in [2.24, 2.45) is 7.05 Å². The number of methoxy groups -OCH3 is 1. The van der Waals surface area contributed by atoms with Crippen molar-refractivity contribution in [2.75, 3.05) is 51.5 Å². The van der Waals surface area contributed by atoms with E-state index in [1.54, 1.807) is 19.5 Å². The molecule has 0 saturated carbocycles. The van der Waals surface area contributed by atoms with Gasteiger partial charge in [0.2, 0.25) is 5.95 Å². The number of aromatic nitrogens is 3. The molecule has 3 heterocycles. The van der Waals surface area contributed by atoms with Crippen LogP contribution in [-0.4, -0.2) is 67.0 Å². The van der Waals surface area contributed by atoms with E-state index < -0.39 is 0 Å². The topological polar surface area (TPSA) is 81.5 Å². The summed E-state index contributed by atoms with van der Waals surface area (Å²) in [7, 11) is 3.51. The van der Waals surface area contributed by atoms with Crippen LogP contribution >= 0.6 is 0 Å². The van der Waals surface area contributed by atoms with Crippen molar-refractivity contribution in [2.45, 2.75) is 6.42 Å². The Morgan fingerprint density at radius 2 is 2.00 bits per heavy atom.